The Morgan fingerprint density at radius 1 is 0.270 bits per heavy atom. The number of benzene rings is 10. The summed E-state index contributed by atoms with van der Waals surface area (Å²) >= 11 is 0. The van der Waals surface area contributed by atoms with Crippen LogP contribution in [-0.2, 0) is 0 Å². The largest absolute Gasteiger partial charge is 0.456 e. The van der Waals surface area contributed by atoms with Crippen LogP contribution < -0.4 is 4.90 Å². The summed E-state index contributed by atoms with van der Waals surface area (Å²) in [5.41, 5.74) is 18.3. The summed E-state index contributed by atoms with van der Waals surface area (Å²) in [4.78, 5) is 2.35. The Morgan fingerprint density at radius 2 is 0.746 bits per heavy atom. The molecule has 0 N–H and O–H groups in total. The van der Waals surface area contributed by atoms with E-state index in [-0.39, 0.29) is 0 Å². The number of hydrogen-bond acceptors (Lipinski definition) is 3. The van der Waals surface area contributed by atoms with Crippen molar-refractivity contribution >= 4 is 60.9 Å². The van der Waals surface area contributed by atoms with Crippen LogP contribution >= 0.6 is 0 Å². The molecular formula is C60H39NO2. The zero-order chi connectivity index (χ0) is 41.7. The fourth-order valence-electron chi connectivity index (χ4n) is 9.34. The Balaban J connectivity index is 0.955. The van der Waals surface area contributed by atoms with Crippen molar-refractivity contribution < 1.29 is 8.83 Å². The second-order valence-corrected chi connectivity index (χ2v) is 16.0. The lowest BCUT2D eigenvalue weighted by molar-refractivity contribution is 0.669. The number of para-hydroxylation sites is 2. The van der Waals surface area contributed by atoms with E-state index in [1.165, 1.54) is 27.8 Å². The van der Waals surface area contributed by atoms with Crippen molar-refractivity contribution in [1.29, 1.82) is 0 Å². The van der Waals surface area contributed by atoms with Crippen LogP contribution in [0.15, 0.2) is 245 Å². The monoisotopic (exact) mass is 805 g/mol. The third-order valence-corrected chi connectivity index (χ3v) is 12.3. The minimum atomic E-state index is 0.856. The van der Waals surface area contributed by atoms with E-state index >= 15 is 0 Å². The first-order valence-electron chi connectivity index (χ1n) is 21.4. The highest BCUT2D eigenvalue weighted by Crippen LogP contribution is 2.45. The van der Waals surface area contributed by atoms with Gasteiger partial charge in [0.15, 0.2) is 0 Å². The molecule has 0 fully saturated rings. The molecular weight excluding hydrogens is 767 g/mol. The third-order valence-electron chi connectivity index (χ3n) is 12.3. The van der Waals surface area contributed by atoms with E-state index in [1.54, 1.807) is 0 Å². The van der Waals surface area contributed by atoms with Gasteiger partial charge in [0.05, 0.1) is 11.1 Å². The van der Waals surface area contributed by atoms with E-state index in [0.717, 1.165) is 88.8 Å². The van der Waals surface area contributed by atoms with Crippen LogP contribution in [0.2, 0.25) is 0 Å². The first-order chi connectivity index (χ1) is 31.2. The molecule has 0 bridgehead atoms. The highest BCUT2D eigenvalue weighted by molar-refractivity contribution is 6.14. The van der Waals surface area contributed by atoms with E-state index in [9.17, 15) is 0 Å². The molecule has 0 atom stereocenters. The number of anilines is 3. The molecule has 3 heteroatoms. The minimum Gasteiger partial charge on any atom is -0.456 e. The van der Waals surface area contributed by atoms with Crippen LogP contribution in [0.3, 0.4) is 0 Å². The lowest BCUT2D eigenvalue weighted by Gasteiger charge is -2.27. The standard InChI is InChI=1S/C60H39NO2/c1-3-15-41(16-4-1)47-19-7-9-21-50(47)51-22-10-8-20-48(51)43-31-36-46(37-32-43)61(55-26-14-28-58-59(55)53-23-11-12-27-56(53)62-58)45-34-29-40(30-35-45)44-33-38-57-54(39-44)52-25-13-24-49(60(52)63-57)42-17-5-2-6-18-42/h1-39H. The van der Waals surface area contributed by atoms with Gasteiger partial charge in [-0.15, -0.1) is 0 Å². The quantitative estimate of drug-likeness (QED) is 0.153. The Bertz CT molecular complexity index is 3600. The molecule has 0 unspecified atom stereocenters. The predicted molar refractivity (Wildman–Crippen MR) is 263 cm³/mol. The van der Waals surface area contributed by atoms with E-state index in [2.05, 4.69) is 223 Å². The van der Waals surface area contributed by atoms with Crippen molar-refractivity contribution in [3.05, 3.63) is 237 Å². The summed E-state index contributed by atoms with van der Waals surface area (Å²) in [5, 5.41) is 4.39. The highest BCUT2D eigenvalue weighted by atomic mass is 16.3. The number of hydrogen-bond donors (Lipinski definition) is 0. The van der Waals surface area contributed by atoms with E-state index in [1.807, 2.05) is 18.2 Å². The maximum Gasteiger partial charge on any atom is 0.143 e. The molecule has 0 saturated heterocycles. The van der Waals surface area contributed by atoms with Crippen LogP contribution in [0.25, 0.3) is 99.5 Å². The van der Waals surface area contributed by atoms with Gasteiger partial charge in [0.25, 0.3) is 0 Å². The van der Waals surface area contributed by atoms with Crippen LogP contribution in [0.4, 0.5) is 17.1 Å². The molecule has 0 aliphatic rings. The maximum atomic E-state index is 6.51. The molecule has 0 amide bonds. The summed E-state index contributed by atoms with van der Waals surface area (Å²) in [6, 6.07) is 84.0. The van der Waals surface area contributed by atoms with Gasteiger partial charge in [-0.1, -0.05) is 182 Å². The van der Waals surface area contributed by atoms with Crippen LogP contribution in [0.5, 0.6) is 0 Å². The molecule has 296 valence electrons. The Kier molecular flexibility index (Phi) is 8.83. The number of fused-ring (bicyclic) bond motifs is 6. The van der Waals surface area contributed by atoms with Gasteiger partial charge in [0.1, 0.15) is 22.3 Å². The van der Waals surface area contributed by atoms with Gasteiger partial charge in [0.2, 0.25) is 0 Å². The fourth-order valence-corrected chi connectivity index (χ4v) is 9.34. The molecule has 0 spiro atoms. The molecule has 3 nitrogen and oxygen atoms in total. The Hall–Kier alpha value is -8.40. The molecule has 12 aromatic rings. The van der Waals surface area contributed by atoms with Crippen LogP contribution in [0.1, 0.15) is 0 Å². The Morgan fingerprint density at radius 3 is 1.43 bits per heavy atom. The summed E-state index contributed by atoms with van der Waals surface area (Å²) in [5.74, 6) is 0. The minimum absolute atomic E-state index is 0.856. The predicted octanol–water partition coefficient (Wildman–Crippen LogP) is 17.3. The molecule has 0 aliphatic carbocycles. The topological polar surface area (TPSA) is 29.5 Å². The first-order valence-corrected chi connectivity index (χ1v) is 21.4. The second-order valence-electron chi connectivity index (χ2n) is 16.0. The number of nitrogens with zero attached hydrogens (tertiary/aromatic N) is 1. The summed E-state index contributed by atoms with van der Waals surface area (Å²) in [7, 11) is 0. The molecule has 2 heterocycles. The molecule has 0 radical (unpaired) electrons. The first kappa shape index (κ1) is 36.5. The van der Waals surface area contributed by atoms with Crippen molar-refractivity contribution in [2.75, 3.05) is 4.90 Å². The van der Waals surface area contributed by atoms with Gasteiger partial charge in [-0.25, -0.2) is 0 Å². The van der Waals surface area contributed by atoms with Crippen LogP contribution in [0, 0.1) is 0 Å². The average molecular weight is 806 g/mol. The van der Waals surface area contributed by atoms with E-state index in [4.69, 9.17) is 8.83 Å². The summed E-state index contributed by atoms with van der Waals surface area (Å²) in [6.07, 6.45) is 0. The zero-order valence-corrected chi connectivity index (χ0v) is 34.3. The average Bonchev–Trinajstić information content (AvgIpc) is 3.94. The third kappa shape index (κ3) is 6.38. The van der Waals surface area contributed by atoms with Gasteiger partial charge < -0.3 is 13.7 Å². The zero-order valence-electron chi connectivity index (χ0n) is 34.3. The van der Waals surface area contributed by atoms with Crippen LogP contribution in [-0.4, -0.2) is 0 Å². The van der Waals surface area contributed by atoms with Crippen molar-refractivity contribution in [3.8, 4) is 55.6 Å². The summed E-state index contributed by atoms with van der Waals surface area (Å²) < 4.78 is 12.9. The normalized spacial score (nSPS) is 11.5. The van der Waals surface area contributed by atoms with Gasteiger partial charge in [0, 0.05) is 33.1 Å². The number of rotatable bonds is 8. The smallest absolute Gasteiger partial charge is 0.143 e. The molecule has 0 saturated carbocycles. The molecule has 10 aromatic carbocycles. The van der Waals surface area contributed by atoms with E-state index in [0.29, 0.717) is 0 Å². The summed E-state index contributed by atoms with van der Waals surface area (Å²) in [6.45, 7) is 0. The molecule has 0 aliphatic heterocycles. The van der Waals surface area contributed by atoms with Crippen molar-refractivity contribution in [2.45, 2.75) is 0 Å². The van der Waals surface area contributed by atoms with E-state index < -0.39 is 0 Å². The SMILES string of the molecule is c1ccc(-c2ccccc2-c2ccccc2-c2ccc(N(c3ccc(-c4ccc5oc6c(-c7ccccc7)cccc6c5c4)cc3)c3cccc4oc5ccccc5c34)cc2)cc1. The molecule has 2 aromatic heterocycles. The maximum absolute atomic E-state index is 6.51. The van der Waals surface area contributed by atoms with Gasteiger partial charge in [-0.2, -0.15) is 0 Å². The van der Waals surface area contributed by atoms with Gasteiger partial charge >= 0.3 is 0 Å². The van der Waals surface area contributed by atoms with Crippen molar-refractivity contribution in [1.82, 2.24) is 0 Å². The Labute approximate surface area is 365 Å². The van der Waals surface area contributed by atoms with Gasteiger partial charge in [-0.3, -0.25) is 0 Å². The van der Waals surface area contributed by atoms with Crippen molar-refractivity contribution in [3.63, 3.8) is 0 Å². The lowest BCUT2D eigenvalue weighted by atomic mass is 9.89. The lowest BCUT2D eigenvalue weighted by Crippen LogP contribution is -2.10. The highest BCUT2D eigenvalue weighted by Gasteiger charge is 2.21. The molecule has 63 heavy (non-hydrogen) atoms. The second kappa shape index (κ2) is 15.3. The van der Waals surface area contributed by atoms with Gasteiger partial charge in [-0.05, 0) is 105 Å². The van der Waals surface area contributed by atoms with Crippen molar-refractivity contribution in [2.24, 2.45) is 0 Å². The molecule has 12 rings (SSSR count). The number of furan rings is 2. The fraction of sp³-hybridized carbons (Fsp3) is 0.